The Morgan fingerprint density at radius 1 is 1.38 bits per heavy atom. The standard InChI is InChI=1S/C17H21NO4.BrH.H2O/c1-18-13-7-11(8-14(18)16-15(13)22-16)21-17(20)12(9-19)10-5-3-2-4-6-10;;/h2-6,11-16,19H,7-9H2,1H3;1H;1H2/t11?,12-,13-,14+,15-,16+;;/m1../s1/i1D3;;. The van der Waals surface area contributed by atoms with Crippen molar-refractivity contribution in [3.63, 3.8) is 0 Å². The number of hydrogen-bond acceptors (Lipinski definition) is 5. The lowest BCUT2D eigenvalue weighted by atomic mass is 9.97. The molecule has 0 amide bonds. The number of carbonyl (C=O) groups excluding carboxylic acids is 1. The van der Waals surface area contributed by atoms with Gasteiger partial charge in [-0.3, -0.25) is 9.69 Å². The quantitative estimate of drug-likeness (QED) is 0.587. The number of nitrogens with zero attached hydrogens (tertiary/aromatic N) is 1. The van der Waals surface area contributed by atoms with Crippen molar-refractivity contribution in [2.45, 2.75) is 49.2 Å². The molecule has 6 atom stereocenters. The highest BCUT2D eigenvalue weighted by molar-refractivity contribution is 8.93. The molecule has 1 unspecified atom stereocenters. The Labute approximate surface area is 156 Å². The molecule has 0 aromatic heterocycles. The van der Waals surface area contributed by atoms with Gasteiger partial charge in [0.25, 0.3) is 0 Å². The number of fused-ring (bicyclic) bond motifs is 5. The minimum absolute atomic E-state index is 0. The van der Waals surface area contributed by atoms with Crippen LogP contribution >= 0.6 is 17.0 Å². The van der Waals surface area contributed by atoms with E-state index in [0.717, 1.165) is 0 Å². The molecule has 0 spiro atoms. The van der Waals surface area contributed by atoms with Gasteiger partial charge < -0.3 is 20.1 Å². The number of likely N-dealkylation sites (N-methyl/N-ethyl adjacent to an activating group) is 1. The van der Waals surface area contributed by atoms with Gasteiger partial charge in [0.2, 0.25) is 0 Å². The minimum atomic E-state index is -2.15. The zero-order chi connectivity index (χ0) is 17.8. The first-order valence-electron chi connectivity index (χ1n) is 9.20. The first-order valence-corrected chi connectivity index (χ1v) is 7.70. The Kier molecular flexibility index (Phi) is 4.77. The van der Waals surface area contributed by atoms with Gasteiger partial charge in [0, 0.05) is 29.0 Å². The highest BCUT2D eigenvalue weighted by Gasteiger charge is 2.62. The monoisotopic (exact) mass is 404 g/mol. The molecule has 4 rings (SSSR count). The molecule has 3 heterocycles. The molecule has 6 nitrogen and oxygen atoms in total. The summed E-state index contributed by atoms with van der Waals surface area (Å²) >= 11 is 0. The zero-order valence-electron chi connectivity index (χ0n) is 16.0. The first-order chi connectivity index (χ1) is 11.9. The molecule has 0 aliphatic carbocycles. The minimum Gasteiger partial charge on any atom is -0.462 e. The summed E-state index contributed by atoms with van der Waals surface area (Å²) in [5, 5.41) is 9.59. The van der Waals surface area contributed by atoms with Crippen LogP contribution in [-0.4, -0.2) is 65.4 Å². The van der Waals surface area contributed by atoms with Crippen molar-refractivity contribution < 1.29 is 29.0 Å². The summed E-state index contributed by atoms with van der Waals surface area (Å²) in [5.41, 5.74) is 0.712. The number of epoxide rings is 1. The smallest absolute Gasteiger partial charge is 0.316 e. The molecule has 1 aromatic rings. The fourth-order valence-electron chi connectivity index (χ4n) is 3.79. The van der Waals surface area contributed by atoms with Gasteiger partial charge in [0.05, 0.1) is 6.61 Å². The van der Waals surface area contributed by atoms with E-state index in [-0.39, 0.29) is 59.5 Å². The molecule has 0 saturated carbocycles. The third-order valence-corrected chi connectivity index (χ3v) is 5.00. The largest absolute Gasteiger partial charge is 0.462 e. The molecule has 3 saturated heterocycles. The lowest BCUT2D eigenvalue weighted by molar-refractivity contribution is -0.156. The molecule has 0 radical (unpaired) electrons. The molecule has 1 aromatic carbocycles. The molecule has 134 valence electrons. The van der Waals surface area contributed by atoms with E-state index in [2.05, 4.69) is 0 Å². The van der Waals surface area contributed by atoms with Crippen molar-refractivity contribution in [3.8, 4) is 0 Å². The summed E-state index contributed by atoms with van der Waals surface area (Å²) in [5.74, 6) is -1.18. The second-order valence-corrected chi connectivity index (χ2v) is 6.28. The predicted molar refractivity (Wildman–Crippen MR) is 93.3 cm³/mol. The number of rotatable bonds is 4. The average molecular weight is 405 g/mol. The molecule has 3 fully saturated rings. The van der Waals surface area contributed by atoms with E-state index in [0.29, 0.717) is 18.4 Å². The van der Waals surface area contributed by atoms with E-state index < -0.39 is 18.9 Å². The summed E-state index contributed by atoms with van der Waals surface area (Å²) in [6, 6.07) is 8.56. The van der Waals surface area contributed by atoms with Crippen LogP contribution in [0.1, 0.15) is 28.4 Å². The Morgan fingerprint density at radius 2 is 2.00 bits per heavy atom. The SMILES string of the molecule is Br.O.[2H]C([2H])([2H])N1[C@@H]2CC(OC(=O)[C@H](CO)c3ccccc3)C[C@H]1[C@@H]1O[C@@H]12. The molecular formula is C17H24BrNO5. The van der Waals surface area contributed by atoms with Crippen LogP contribution in [0.3, 0.4) is 0 Å². The van der Waals surface area contributed by atoms with Gasteiger partial charge in [0.15, 0.2) is 0 Å². The van der Waals surface area contributed by atoms with Crippen LogP contribution in [0.15, 0.2) is 30.3 Å². The number of aliphatic hydroxyl groups is 1. The Bertz CT molecular complexity index is 644. The molecule has 3 aliphatic heterocycles. The van der Waals surface area contributed by atoms with Crippen molar-refractivity contribution in [2.24, 2.45) is 0 Å². The van der Waals surface area contributed by atoms with Crippen molar-refractivity contribution in [1.82, 2.24) is 4.90 Å². The molecule has 2 bridgehead atoms. The highest BCUT2D eigenvalue weighted by Crippen LogP contribution is 2.48. The molecule has 3 aliphatic rings. The van der Waals surface area contributed by atoms with Gasteiger partial charge in [-0.2, -0.15) is 0 Å². The van der Waals surface area contributed by atoms with Gasteiger partial charge in [-0.1, -0.05) is 30.3 Å². The number of morpholine rings is 1. The Balaban J connectivity index is 0.00000131. The number of carbonyl (C=O) groups is 1. The summed E-state index contributed by atoms with van der Waals surface area (Å²) in [7, 11) is 0. The Hall–Kier alpha value is -0.990. The van der Waals surface area contributed by atoms with Crippen LogP contribution in [0.5, 0.6) is 0 Å². The maximum Gasteiger partial charge on any atom is 0.316 e. The van der Waals surface area contributed by atoms with Crippen molar-refractivity contribution in [3.05, 3.63) is 35.9 Å². The van der Waals surface area contributed by atoms with Crippen molar-refractivity contribution in [2.75, 3.05) is 13.6 Å². The second kappa shape index (κ2) is 7.49. The van der Waals surface area contributed by atoms with E-state index in [1.807, 2.05) is 18.2 Å². The summed E-state index contributed by atoms with van der Waals surface area (Å²) in [6.07, 6.45) is 0.452. The van der Waals surface area contributed by atoms with E-state index >= 15 is 0 Å². The topological polar surface area (TPSA) is 93.8 Å². The molecular weight excluding hydrogens is 378 g/mol. The van der Waals surface area contributed by atoms with Crippen molar-refractivity contribution in [1.29, 1.82) is 0 Å². The van der Waals surface area contributed by atoms with E-state index in [1.54, 1.807) is 17.0 Å². The first kappa shape index (κ1) is 15.3. The molecule has 3 N–H and O–H groups in total. The fourth-order valence-corrected chi connectivity index (χ4v) is 3.79. The van der Waals surface area contributed by atoms with Gasteiger partial charge in [-0.05, 0) is 12.5 Å². The summed E-state index contributed by atoms with van der Waals surface area (Å²) in [6.45, 7) is -2.48. The Morgan fingerprint density at radius 3 is 2.54 bits per heavy atom. The second-order valence-electron chi connectivity index (χ2n) is 6.28. The van der Waals surface area contributed by atoms with Gasteiger partial charge in [-0.25, -0.2) is 0 Å². The van der Waals surface area contributed by atoms with Gasteiger partial charge in [0.1, 0.15) is 24.2 Å². The maximum atomic E-state index is 12.5. The zero-order valence-corrected chi connectivity index (χ0v) is 14.7. The van der Waals surface area contributed by atoms with E-state index in [1.165, 1.54) is 0 Å². The van der Waals surface area contributed by atoms with Crippen LogP contribution in [-0.2, 0) is 14.3 Å². The summed E-state index contributed by atoms with van der Waals surface area (Å²) < 4.78 is 34.4. The number of halogens is 1. The highest BCUT2D eigenvalue weighted by atomic mass is 79.9. The lowest BCUT2D eigenvalue weighted by Gasteiger charge is -2.38. The fraction of sp³-hybridized carbons (Fsp3) is 0.588. The number of aliphatic hydroxyl groups excluding tert-OH is 1. The van der Waals surface area contributed by atoms with Crippen LogP contribution in [0, 0.1) is 0 Å². The average Bonchev–Trinajstić information content (AvgIpc) is 3.31. The molecule has 24 heavy (non-hydrogen) atoms. The van der Waals surface area contributed by atoms with Crippen LogP contribution in [0.4, 0.5) is 0 Å². The lowest BCUT2D eigenvalue weighted by Crippen LogP contribution is -2.48. The molecule has 7 heteroatoms. The van der Waals surface area contributed by atoms with E-state index in [9.17, 15) is 9.90 Å². The number of esters is 1. The summed E-state index contributed by atoms with van der Waals surface area (Å²) in [4.78, 5) is 14.1. The number of ether oxygens (including phenoxy) is 2. The number of piperidine rings is 1. The van der Waals surface area contributed by atoms with E-state index in [4.69, 9.17) is 13.6 Å². The predicted octanol–water partition coefficient (Wildman–Crippen LogP) is 0.671. The van der Waals surface area contributed by atoms with Crippen LogP contribution < -0.4 is 0 Å². The number of benzene rings is 1. The maximum absolute atomic E-state index is 12.5. The third-order valence-electron chi connectivity index (χ3n) is 5.00. The normalized spacial score (nSPS) is 36.7. The van der Waals surface area contributed by atoms with Gasteiger partial charge >= 0.3 is 5.97 Å². The third kappa shape index (κ3) is 3.23. The van der Waals surface area contributed by atoms with Gasteiger partial charge in [-0.15, -0.1) is 17.0 Å². The van der Waals surface area contributed by atoms with Crippen molar-refractivity contribution >= 4 is 23.0 Å². The van der Waals surface area contributed by atoms with Crippen LogP contribution in [0.2, 0.25) is 0 Å². The van der Waals surface area contributed by atoms with Crippen LogP contribution in [0.25, 0.3) is 0 Å². The number of hydrogen-bond donors (Lipinski definition) is 1.